The number of nitrogens with one attached hydrogen (secondary N) is 2. The highest BCUT2D eigenvalue weighted by Crippen LogP contribution is 2.24. The van der Waals surface area contributed by atoms with Crippen LogP contribution in [0, 0.1) is 6.92 Å². The van der Waals surface area contributed by atoms with Crippen LogP contribution in [0.5, 0.6) is 0 Å². The van der Waals surface area contributed by atoms with Gasteiger partial charge in [-0.2, -0.15) is 9.40 Å². The number of aromatic nitrogens is 2. The molecule has 2 rings (SSSR count). The van der Waals surface area contributed by atoms with Crippen molar-refractivity contribution in [2.24, 2.45) is 0 Å². The third-order valence-corrected chi connectivity index (χ3v) is 5.65. The van der Waals surface area contributed by atoms with E-state index in [1.807, 2.05) is 13.8 Å². The summed E-state index contributed by atoms with van der Waals surface area (Å²) in [6.07, 6.45) is 2.34. The Morgan fingerprint density at radius 2 is 2.00 bits per heavy atom. The Hall–Kier alpha value is -0.920. The largest absolute Gasteiger partial charge is 0.308 e. The minimum atomic E-state index is -3.45. The zero-order valence-corrected chi connectivity index (χ0v) is 12.5. The lowest BCUT2D eigenvalue weighted by atomic mass is 10.3. The Morgan fingerprint density at radius 3 is 2.53 bits per heavy atom. The lowest BCUT2D eigenvalue weighted by molar-refractivity contribution is 0.443. The van der Waals surface area contributed by atoms with Crippen molar-refractivity contribution in [3.05, 3.63) is 11.4 Å². The molecule has 0 bridgehead atoms. The van der Waals surface area contributed by atoms with Crippen LogP contribution < -0.4 is 5.32 Å². The van der Waals surface area contributed by atoms with Gasteiger partial charge in [-0.05, 0) is 19.8 Å². The SMILES string of the molecule is CCN(CC)S(=O)(=O)c1c(CNC2CC2)n[nH]c1C. The van der Waals surface area contributed by atoms with Crippen LogP contribution in [0.2, 0.25) is 0 Å². The molecule has 1 aliphatic carbocycles. The smallest absolute Gasteiger partial charge is 0.246 e. The van der Waals surface area contributed by atoms with Crippen molar-refractivity contribution in [3.63, 3.8) is 0 Å². The van der Waals surface area contributed by atoms with Crippen LogP contribution in [0.4, 0.5) is 0 Å². The molecule has 0 amide bonds. The second-order valence-electron chi connectivity index (χ2n) is 4.87. The third kappa shape index (κ3) is 2.98. The number of H-pyrrole nitrogens is 1. The van der Waals surface area contributed by atoms with Gasteiger partial charge in [0.05, 0.1) is 11.4 Å². The van der Waals surface area contributed by atoms with E-state index in [1.54, 1.807) is 6.92 Å². The number of rotatable bonds is 7. The molecule has 0 saturated heterocycles. The van der Waals surface area contributed by atoms with Crippen molar-refractivity contribution in [1.29, 1.82) is 0 Å². The van der Waals surface area contributed by atoms with Gasteiger partial charge in [-0.25, -0.2) is 8.42 Å². The van der Waals surface area contributed by atoms with E-state index in [-0.39, 0.29) is 0 Å². The van der Waals surface area contributed by atoms with Crippen molar-refractivity contribution in [3.8, 4) is 0 Å². The maximum atomic E-state index is 12.6. The van der Waals surface area contributed by atoms with Gasteiger partial charge in [0.2, 0.25) is 10.0 Å². The van der Waals surface area contributed by atoms with Gasteiger partial charge in [-0.3, -0.25) is 5.10 Å². The van der Waals surface area contributed by atoms with Gasteiger partial charge >= 0.3 is 0 Å². The van der Waals surface area contributed by atoms with Gasteiger partial charge in [0.15, 0.2) is 0 Å². The summed E-state index contributed by atoms with van der Waals surface area (Å²) in [5.41, 5.74) is 1.20. The standard InChI is InChI=1S/C12H22N4O2S/c1-4-16(5-2)19(17,18)12-9(3)14-15-11(12)8-13-10-6-7-10/h10,13H,4-8H2,1-3H3,(H,14,15). The van der Waals surface area contributed by atoms with Crippen LogP contribution in [-0.4, -0.2) is 42.1 Å². The average Bonchev–Trinajstić information content (AvgIpc) is 3.10. The second-order valence-corrected chi connectivity index (χ2v) is 6.74. The molecule has 19 heavy (non-hydrogen) atoms. The normalized spacial score (nSPS) is 16.2. The molecule has 0 radical (unpaired) electrons. The van der Waals surface area contributed by atoms with E-state index in [1.165, 1.54) is 17.1 Å². The summed E-state index contributed by atoms with van der Waals surface area (Å²) < 4.78 is 26.7. The first-order valence-corrected chi connectivity index (χ1v) is 8.22. The highest BCUT2D eigenvalue weighted by Gasteiger charge is 2.30. The maximum Gasteiger partial charge on any atom is 0.246 e. The first kappa shape index (κ1) is 14.5. The predicted molar refractivity (Wildman–Crippen MR) is 73.3 cm³/mol. The van der Waals surface area contributed by atoms with E-state index in [9.17, 15) is 8.42 Å². The van der Waals surface area contributed by atoms with E-state index >= 15 is 0 Å². The molecule has 0 unspecified atom stereocenters. The minimum absolute atomic E-state index is 0.337. The fourth-order valence-corrected chi connectivity index (χ4v) is 3.94. The first-order valence-electron chi connectivity index (χ1n) is 6.78. The van der Waals surface area contributed by atoms with E-state index in [0.717, 1.165) is 0 Å². The van der Waals surface area contributed by atoms with Gasteiger partial charge in [0, 0.05) is 25.7 Å². The zero-order chi connectivity index (χ0) is 14.0. The molecule has 0 aliphatic heterocycles. The number of hydrogen-bond donors (Lipinski definition) is 2. The Kier molecular flexibility index (Phi) is 4.27. The Balaban J connectivity index is 2.28. The van der Waals surface area contributed by atoms with Crippen molar-refractivity contribution in [1.82, 2.24) is 19.8 Å². The Bertz CT molecular complexity index is 530. The summed E-state index contributed by atoms with van der Waals surface area (Å²) in [6, 6.07) is 0.529. The van der Waals surface area contributed by atoms with Crippen molar-refractivity contribution in [2.45, 2.75) is 51.1 Å². The molecule has 108 valence electrons. The van der Waals surface area contributed by atoms with Crippen LogP contribution in [0.1, 0.15) is 38.1 Å². The summed E-state index contributed by atoms with van der Waals surface area (Å²) in [7, 11) is -3.45. The van der Waals surface area contributed by atoms with Gasteiger partial charge in [0.1, 0.15) is 4.90 Å². The van der Waals surface area contributed by atoms with E-state index in [4.69, 9.17) is 0 Å². The van der Waals surface area contributed by atoms with Crippen LogP contribution in [0.3, 0.4) is 0 Å². The molecule has 1 aromatic rings. The number of nitrogens with zero attached hydrogens (tertiary/aromatic N) is 2. The predicted octanol–water partition coefficient (Wildman–Crippen LogP) is 1.00. The topological polar surface area (TPSA) is 78.1 Å². The van der Waals surface area contributed by atoms with Crippen molar-refractivity contribution >= 4 is 10.0 Å². The molecule has 1 aromatic heterocycles. The van der Waals surface area contributed by atoms with Gasteiger partial charge in [0.25, 0.3) is 0 Å². The highest BCUT2D eigenvalue weighted by atomic mass is 32.2. The molecule has 1 saturated carbocycles. The molecule has 1 aliphatic rings. The molecule has 0 aromatic carbocycles. The quantitative estimate of drug-likeness (QED) is 0.784. The Morgan fingerprint density at radius 1 is 1.37 bits per heavy atom. The fourth-order valence-electron chi connectivity index (χ4n) is 2.15. The molecule has 0 atom stereocenters. The average molecular weight is 286 g/mol. The summed E-state index contributed by atoms with van der Waals surface area (Å²) in [5.74, 6) is 0. The van der Waals surface area contributed by atoms with Crippen LogP contribution >= 0.6 is 0 Å². The third-order valence-electron chi connectivity index (χ3n) is 3.40. The van der Waals surface area contributed by atoms with E-state index < -0.39 is 10.0 Å². The number of aryl methyl sites for hydroxylation is 1. The van der Waals surface area contributed by atoms with Crippen LogP contribution in [0.15, 0.2) is 4.90 Å². The summed E-state index contributed by atoms with van der Waals surface area (Å²) in [6.45, 7) is 6.89. The zero-order valence-electron chi connectivity index (χ0n) is 11.7. The number of hydrogen-bond acceptors (Lipinski definition) is 4. The van der Waals surface area contributed by atoms with Gasteiger partial charge in [-0.15, -0.1) is 0 Å². The lowest BCUT2D eigenvalue weighted by Gasteiger charge is -2.18. The van der Waals surface area contributed by atoms with Gasteiger partial charge < -0.3 is 5.32 Å². The highest BCUT2D eigenvalue weighted by molar-refractivity contribution is 7.89. The molecule has 7 heteroatoms. The monoisotopic (exact) mass is 286 g/mol. The summed E-state index contributed by atoms with van der Waals surface area (Å²) in [4.78, 5) is 0.337. The van der Waals surface area contributed by atoms with E-state index in [2.05, 4.69) is 15.5 Å². The molecular formula is C12H22N4O2S. The second kappa shape index (κ2) is 5.60. The molecule has 6 nitrogen and oxygen atoms in total. The van der Waals surface area contributed by atoms with Gasteiger partial charge in [-0.1, -0.05) is 13.8 Å². The van der Waals surface area contributed by atoms with Crippen LogP contribution in [-0.2, 0) is 16.6 Å². The minimum Gasteiger partial charge on any atom is -0.308 e. The lowest BCUT2D eigenvalue weighted by Crippen LogP contribution is -2.32. The molecular weight excluding hydrogens is 264 g/mol. The fraction of sp³-hybridized carbons (Fsp3) is 0.750. The first-order chi connectivity index (χ1) is 9.00. The molecule has 0 spiro atoms. The van der Waals surface area contributed by atoms with Crippen LogP contribution in [0.25, 0.3) is 0 Å². The molecule has 1 heterocycles. The summed E-state index contributed by atoms with van der Waals surface area (Å²) in [5, 5.41) is 10.2. The maximum absolute atomic E-state index is 12.6. The molecule has 2 N–H and O–H groups in total. The van der Waals surface area contributed by atoms with E-state index in [0.29, 0.717) is 42.0 Å². The van der Waals surface area contributed by atoms with Crippen molar-refractivity contribution < 1.29 is 8.42 Å². The Labute approximate surface area is 114 Å². The number of aromatic amines is 1. The summed E-state index contributed by atoms with van der Waals surface area (Å²) >= 11 is 0. The van der Waals surface area contributed by atoms with Crippen molar-refractivity contribution in [2.75, 3.05) is 13.1 Å². The number of sulfonamides is 1. The molecule has 1 fully saturated rings.